The van der Waals surface area contributed by atoms with Gasteiger partial charge in [-0.25, -0.2) is 4.98 Å². The molecule has 0 bridgehead atoms. The first kappa shape index (κ1) is 10.8. The minimum Gasteiger partial charge on any atom is -0.309 e. The topological polar surface area (TPSA) is 45.2 Å². The molecule has 16 heavy (non-hydrogen) atoms. The highest BCUT2D eigenvalue weighted by Crippen LogP contribution is 2.15. The van der Waals surface area contributed by atoms with Gasteiger partial charge in [-0.15, -0.1) is 0 Å². The molecule has 0 radical (unpaired) electrons. The Morgan fingerprint density at radius 1 is 1.44 bits per heavy atom. The number of nitrogens with zero attached hydrogens (tertiary/aromatic N) is 2. The third-order valence-electron chi connectivity index (χ3n) is 2.83. The average Bonchev–Trinajstić information content (AvgIpc) is 2.26. The second-order valence-corrected chi connectivity index (χ2v) is 3.88. The maximum absolute atomic E-state index is 12.1. The highest BCUT2D eigenvalue weighted by Gasteiger charge is 2.19. The summed E-state index contributed by atoms with van der Waals surface area (Å²) < 4.78 is 0. The molecular formula is C12H15N3O. The molecule has 2 heterocycles. The molecule has 1 aromatic rings. The zero-order chi connectivity index (χ0) is 11.5. The molecule has 1 aliphatic heterocycles. The van der Waals surface area contributed by atoms with Crippen molar-refractivity contribution in [3.05, 3.63) is 35.5 Å². The molecule has 1 fully saturated rings. The van der Waals surface area contributed by atoms with E-state index in [1.165, 1.54) is 5.57 Å². The van der Waals surface area contributed by atoms with Gasteiger partial charge in [0.2, 0.25) is 0 Å². The summed E-state index contributed by atoms with van der Waals surface area (Å²) >= 11 is 0. The van der Waals surface area contributed by atoms with Crippen molar-refractivity contribution in [1.82, 2.24) is 10.3 Å². The van der Waals surface area contributed by atoms with Crippen LogP contribution in [0.25, 0.3) is 0 Å². The van der Waals surface area contributed by atoms with Crippen LogP contribution in [0.1, 0.15) is 6.92 Å². The third kappa shape index (κ3) is 1.97. The quantitative estimate of drug-likeness (QED) is 0.751. The van der Waals surface area contributed by atoms with Crippen molar-refractivity contribution in [2.24, 2.45) is 0 Å². The van der Waals surface area contributed by atoms with E-state index >= 15 is 0 Å². The Balaban J connectivity index is 2.17. The summed E-state index contributed by atoms with van der Waals surface area (Å²) in [4.78, 5) is 17.8. The van der Waals surface area contributed by atoms with Crippen LogP contribution in [0.3, 0.4) is 0 Å². The van der Waals surface area contributed by atoms with Crippen molar-refractivity contribution in [2.45, 2.75) is 6.92 Å². The van der Waals surface area contributed by atoms with Gasteiger partial charge in [-0.1, -0.05) is 6.07 Å². The second-order valence-electron chi connectivity index (χ2n) is 3.88. The number of anilines is 1. The summed E-state index contributed by atoms with van der Waals surface area (Å²) in [5, 5.41) is 3.13. The fraction of sp³-hybridized carbons (Fsp3) is 0.333. The lowest BCUT2D eigenvalue weighted by Gasteiger charge is -2.24. The average molecular weight is 217 g/mol. The molecule has 0 spiro atoms. The van der Waals surface area contributed by atoms with Gasteiger partial charge in [0.1, 0.15) is 5.82 Å². The lowest BCUT2D eigenvalue weighted by atomic mass is 10.0. The number of hydrogen-bond acceptors (Lipinski definition) is 3. The van der Waals surface area contributed by atoms with Crippen molar-refractivity contribution in [2.75, 3.05) is 25.0 Å². The normalized spacial score (nSPS) is 14.2. The van der Waals surface area contributed by atoms with Crippen LogP contribution < -0.4 is 10.2 Å². The predicted molar refractivity (Wildman–Crippen MR) is 63.2 cm³/mol. The van der Waals surface area contributed by atoms with Crippen molar-refractivity contribution in [3.63, 3.8) is 0 Å². The van der Waals surface area contributed by atoms with Gasteiger partial charge in [0.15, 0.2) is 0 Å². The smallest absolute Gasteiger partial charge is 0.254 e. The third-order valence-corrected chi connectivity index (χ3v) is 2.83. The SMILES string of the molecule is CC(C(=O)N(C)c1ccccn1)=C1CNC1. The lowest BCUT2D eigenvalue weighted by Crippen LogP contribution is -2.38. The second kappa shape index (κ2) is 4.45. The molecular weight excluding hydrogens is 202 g/mol. The Kier molecular flexibility index (Phi) is 3.01. The molecule has 2 rings (SSSR count). The highest BCUT2D eigenvalue weighted by molar-refractivity contribution is 6.04. The van der Waals surface area contributed by atoms with Crippen LogP contribution in [-0.4, -0.2) is 31.0 Å². The Hall–Kier alpha value is -1.68. The highest BCUT2D eigenvalue weighted by atomic mass is 16.2. The van der Waals surface area contributed by atoms with Crippen LogP contribution in [0.4, 0.5) is 5.82 Å². The molecule has 0 aromatic carbocycles. The van der Waals surface area contributed by atoms with E-state index in [9.17, 15) is 4.79 Å². The Morgan fingerprint density at radius 3 is 2.69 bits per heavy atom. The number of aromatic nitrogens is 1. The van der Waals surface area contributed by atoms with Crippen molar-refractivity contribution in [1.29, 1.82) is 0 Å². The first-order chi connectivity index (χ1) is 7.70. The van der Waals surface area contributed by atoms with Crippen molar-refractivity contribution in [3.8, 4) is 0 Å². The maximum Gasteiger partial charge on any atom is 0.254 e. The largest absolute Gasteiger partial charge is 0.309 e. The Morgan fingerprint density at radius 2 is 2.19 bits per heavy atom. The van der Waals surface area contributed by atoms with Crippen LogP contribution in [0.2, 0.25) is 0 Å². The molecule has 1 amide bonds. The maximum atomic E-state index is 12.1. The number of hydrogen-bond donors (Lipinski definition) is 1. The van der Waals surface area contributed by atoms with Crippen LogP contribution in [0.5, 0.6) is 0 Å². The van der Waals surface area contributed by atoms with E-state index in [1.54, 1.807) is 18.1 Å². The standard InChI is InChI=1S/C12H15N3O/c1-9(10-7-13-8-10)12(16)15(2)11-5-3-4-6-14-11/h3-6,13H,7-8H2,1-2H3. The Bertz CT molecular complexity index is 419. The molecule has 4 heteroatoms. The van der Waals surface area contributed by atoms with E-state index in [2.05, 4.69) is 10.3 Å². The van der Waals surface area contributed by atoms with Crippen molar-refractivity contribution >= 4 is 11.7 Å². The monoisotopic (exact) mass is 217 g/mol. The van der Waals surface area contributed by atoms with Crippen LogP contribution in [0, 0.1) is 0 Å². The summed E-state index contributed by atoms with van der Waals surface area (Å²) in [7, 11) is 1.75. The number of likely N-dealkylation sites (N-methyl/N-ethyl adjacent to an activating group) is 1. The molecule has 4 nitrogen and oxygen atoms in total. The van der Waals surface area contributed by atoms with Gasteiger partial charge in [-0.2, -0.15) is 0 Å². The number of rotatable bonds is 2. The minimum absolute atomic E-state index is 0.0233. The van der Waals surface area contributed by atoms with Gasteiger partial charge in [0, 0.05) is 31.9 Å². The molecule has 1 aliphatic rings. The van der Waals surface area contributed by atoms with Gasteiger partial charge >= 0.3 is 0 Å². The zero-order valence-electron chi connectivity index (χ0n) is 9.53. The molecule has 1 N–H and O–H groups in total. The van der Waals surface area contributed by atoms with Gasteiger partial charge in [0.25, 0.3) is 5.91 Å². The first-order valence-corrected chi connectivity index (χ1v) is 5.28. The number of carbonyl (C=O) groups excluding carboxylic acids is 1. The van der Waals surface area contributed by atoms with Crippen LogP contribution >= 0.6 is 0 Å². The fourth-order valence-electron chi connectivity index (χ4n) is 1.57. The summed E-state index contributed by atoms with van der Waals surface area (Å²) in [6.07, 6.45) is 1.69. The molecule has 0 unspecified atom stereocenters. The van der Waals surface area contributed by atoms with E-state index < -0.39 is 0 Å². The number of nitrogens with one attached hydrogen (secondary N) is 1. The molecule has 0 aliphatic carbocycles. The van der Waals surface area contributed by atoms with Crippen LogP contribution in [0.15, 0.2) is 35.5 Å². The first-order valence-electron chi connectivity index (χ1n) is 5.28. The van der Waals surface area contributed by atoms with E-state index in [1.807, 2.05) is 25.1 Å². The predicted octanol–water partition coefficient (Wildman–Crippen LogP) is 0.964. The zero-order valence-corrected chi connectivity index (χ0v) is 9.53. The summed E-state index contributed by atoms with van der Waals surface area (Å²) in [6, 6.07) is 5.54. The number of amides is 1. The lowest BCUT2D eigenvalue weighted by molar-refractivity contribution is -0.114. The fourth-order valence-corrected chi connectivity index (χ4v) is 1.57. The minimum atomic E-state index is 0.0233. The molecule has 1 saturated heterocycles. The summed E-state index contributed by atoms with van der Waals surface area (Å²) in [5.74, 6) is 0.704. The molecule has 0 atom stereocenters. The molecule has 1 aromatic heterocycles. The van der Waals surface area contributed by atoms with E-state index in [0.29, 0.717) is 5.82 Å². The summed E-state index contributed by atoms with van der Waals surface area (Å²) in [5.41, 5.74) is 2.01. The van der Waals surface area contributed by atoms with Gasteiger partial charge in [-0.05, 0) is 24.6 Å². The molecule has 84 valence electrons. The summed E-state index contributed by atoms with van der Waals surface area (Å²) in [6.45, 7) is 3.53. The Labute approximate surface area is 95.0 Å². The van der Waals surface area contributed by atoms with Crippen molar-refractivity contribution < 1.29 is 4.79 Å². The van der Waals surface area contributed by atoms with Gasteiger partial charge in [0.05, 0.1) is 0 Å². The van der Waals surface area contributed by atoms with Crippen LogP contribution in [-0.2, 0) is 4.79 Å². The van der Waals surface area contributed by atoms with E-state index in [0.717, 1.165) is 18.7 Å². The number of pyridine rings is 1. The molecule has 0 saturated carbocycles. The van der Waals surface area contributed by atoms with E-state index in [-0.39, 0.29) is 5.91 Å². The van der Waals surface area contributed by atoms with Gasteiger partial charge in [-0.3, -0.25) is 9.69 Å². The number of carbonyl (C=O) groups is 1. The van der Waals surface area contributed by atoms with Gasteiger partial charge < -0.3 is 5.32 Å². The van der Waals surface area contributed by atoms with E-state index in [4.69, 9.17) is 0 Å².